The summed E-state index contributed by atoms with van der Waals surface area (Å²) in [4.78, 5) is 15.1. The minimum absolute atomic E-state index is 0.0554. The van der Waals surface area contributed by atoms with Crippen LogP contribution in [0, 0.1) is 0 Å². The molecule has 1 atom stereocenters. The second-order valence-corrected chi connectivity index (χ2v) is 8.42. The molecule has 0 aliphatic carbocycles. The molecule has 7 nitrogen and oxygen atoms in total. The first-order chi connectivity index (χ1) is 14.5. The van der Waals surface area contributed by atoms with E-state index in [4.69, 9.17) is 0 Å². The number of nitrogens with one attached hydrogen (secondary N) is 2. The smallest absolute Gasteiger partial charge is 0.258 e. The van der Waals surface area contributed by atoms with Crippen LogP contribution in [0.5, 0.6) is 0 Å². The lowest BCUT2D eigenvalue weighted by molar-refractivity contribution is 0.184. The third kappa shape index (κ3) is 4.24. The second kappa shape index (κ2) is 8.48. The predicted octanol–water partition coefficient (Wildman–Crippen LogP) is 3.44. The average Bonchev–Trinajstić information content (AvgIpc) is 3.25. The van der Waals surface area contributed by atoms with Crippen molar-refractivity contribution in [2.75, 3.05) is 0 Å². The zero-order valence-corrected chi connectivity index (χ0v) is 16.8. The van der Waals surface area contributed by atoms with Crippen molar-refractivity contribution in [2.24, 2.45) is 5.10 Å². The van der Waals surface area contributed by atoms with Crippen molar-refractivity contribution in [3.8, 4) is 0 Å². The molecule has 0 radical (unpaired) electrons. The Labute approximate surface area is 175 Å². The minimum Gasteiger partial charge on any atom is -0.258 e. The van der Waals surface area contributed by atoms with Gasteiger partial charge in [0.25, 0.3) is 10.0 Å². The first-order valence-electron chi connectivity index (χ1n) is 9.38. The van der Waals surface area contributed by atoms with Crippen LogP contribution < -0.4 is 10.3 Å². The summed E-state index contributed by atoms with van der Waals surface area (Å²) in [5.41, 5.74) is 4.86. The van der Waals surface area contributed by atoms with Crippen LogP contribution in [0.2, 0.25) is 0 Å². The number of nitrogens with zero attached hydrogens (tertiary/aromatic N) is 2. The molecule has 2 N–H and O–H groups in total. The lowest BCUT2D eigenvalue weighted by Crippen LogP contribution is -2.47. The van der Waals surface area contributed by atoms with Gasteiger partial charge in [-0.25, -0.2) is 18.2 Å². The zero-order valence-electron chi connectivity index (χ0n) is 16.0. The third-order valence-electron chi connectivity index (χ3n) is 4.76. The molecule has 3 aromatic carbocycles. The van der Waals surface area contributed by atoms with Crippen molar-refractivity contribution >= 4 is 21.8 Å². The Morgan fingerprint density at radius 3 is 2.07 bits per heavy atom. The average molecular weight is 420 g/mol. The van der Waals surface area contributed by atoms with E-state index < -0.39 is 16.1 Å². The number of amides is 2. The van der Waals surface area contributed by atoms with E-state index >= 15 is 0 Å². The van der Waals surface area contributed by atoms with Crippen LogP contribution >= 0.6 is 0 Å². The van der Waals surface area contributed by atoms with Crippen molar-refractivity contribution in [1.29, 1.82) is 0 Å². The van der Waals surface area contributed by atoms with Crippen molar-refractivity contribution in [3.63, 3.8) is 0 Å². The topological polar surface area (TPSA) is 90.9 Å². The Kier molecular flexibility index (Phi) is 5.60. The molecule has 3 aromatic rings. The van der Waals surface area contributed by atoms with Gasteiger partial charge in [0, 0.05) is 6.42 Å². The summed E-state index contributed by atoms with van der Waals surface area (Å²) in [5.74, 6) is 0. The molecule has 0 bridgehead atoms. The van der Waals surface area contributed by atoms with Crippen molar-refractivity contribution < 1.29 is 13.2 Å². The molecule has 30 heavy (non-hydrogen) atoms. The summed E-state index contributed by atoms with van der Waals surface area (Å²) >= 11 is 0. The maximum absolute atomic E-state index is 12.9. The molecule has 0 fully saturated rings. The van der Waals surface area contributed by atoms with Gasteiger partial charge in [-0.2, -0.15) is 5.10 Å². The van der Waals surface area contributed by atoms with Crippen LogP contribution in [0.4, 0.5) is 4.79 Å². The SMILES string of the molecule is O=C(NNS(=O)(=O)c1ccccc1)N1N=C(c2ccccc2)CC1c1ccccc1. The summed E-state index contributed by atoms with van der Waals surface area (Å²) in [6.45, 7) is 0. The van der Waals surface area contributed by atoms with Crippen LogP contribution in [-0.2, 0) is 10.0 Å². The maximum Gasteiger partial charge on any atom is 0.353 e. The van der Waals surface area contributed by atoms with Gasteiger partial charge < -0.3 is 0 Å². The first kappa shape index (κ1) is 19.8. The first-order valence-corrected chi connectivity index (χ1v) is 10.9. The standard InChI is InChI=1S/C22H20N4O3S/c27-22(23-25-30(28,29)19-14-8-3-9-15-19)26-21(18-12-6-2-7-13-18)16-20(24-26)17-10-4-1-5-11-17/h1-15,21,25H,16H2,(H,23,27). The number of hydrazone groups is 1. The molecule has 1 unspecified atom stereocenters. The molecular formula is C22H20N4O3S. The Morgan fingerprint density at radius 1 is 0.867 bits per heavy atom. The van der Waals surface area contributed by atoms with Gasteiger partial charge in [0.1, 0.15) is 0 Å². The fraction of sp³-hybridized carbons (Fsp3) is 0.0909. The van der Waals surface area contributed by atoms with E-state index in [0.717, 1.165) is 16.8 Å². The molecule has 152 valence electrons. The van der Waals surface area contributed by atoms with Crippen molar-refractivity contribution in [1.82, 2.24) is 15.3 Å². The number of hydrogen-bond donors (Lipinski definition) is 2. The molecule has 2 amide bonds. The van der Waals surface area contributed by atoms with E-state index in [9.17, 15) is 13.2 Å². The monoisotopic (exact) mass is 420 g/mol. The largest absolute Gasteiger partial charge is 0.353 e. The molecule has 0 saturated heterocycles. The van der Waals surface area contributed by atoms with E-state index in [1.807, 2.05) is 60.7 Å². The van der Waals surface area contributed by atoms with Crippen molar-refractivity contribution in [2.45, 2.75) is 17.4 Å². The normalized spacial score (nSPS) is 16.2. The van der Waals surface area contributed by atoms with Crippen LogP contribution in [-0.4, -0.2) is 25.2 Å². The summed E-state index contributed by atoms with van der Waals surface area (Å²) in [6, 6.07) is 25.9. The van der Waals surface area contributed by atoms with Gasteiger partial charge in [0.2, 0.25) is 0 Å². The highest BCUT2D eigenvalue weighted by Crippen LogP contribution is 2.32. The number of urea groups is 1. The van der Waals surface area contributed by atoms with Gasteiger partial charge in [-0.15, -0.1) is 4.83 Å². The van der Waals surface area contributed by atoms with E-state index in [1.165, 1.54) is 17.1 Å². The van der Waals surface area contributed by atoms with E-state index in [-0.39, 0.29) is 10.9 Å². The molecule has 0 saturated carbocycles. The summed E-state index contributed by atoms with van der Waals surface area (Å²) < 4.78 is 24.8. The molecule has 1 heterocycles. The second-order valence-electron chi connectivity index (χ2n) is 6.74. The zero-order chi connectivity index (χ0) is 21.0. The van der Waals surface area contributed by atoms with Gasteiger partial charge >= 0.3 is 6.03 Å². The van der Waals surface area contributed by atoms with Gasteiger partial charge in [-0.05, 0) is 23.3 Å². The number of carbonyl (C=O) groups excluding carboxylic acids is 1. The van der Waals surface area contributed by atoms with Gasteiger partial charge in [0.05, 0.1) is 16.6 Å². The minimum atomic E-state index is -3.89. The highest BCUT2D eigenvalue weighted by atomic mass is 32.2. The van der Waals surface area contributed by atoms with Gasteiger partial charge in [-0.3, -0.25) is 5.43 Å². The predicted molar refractivity (Wildman–Crippen MR) is 114 cm³/mol. The van der Waals surface area contributed by atoms with E-state index in [2.05, 4.69) is 15.4 Å². The molecule has 0 spiro atoms. The van der Waals surface area contributed by atoms with E-state index in [0.29, 0.717) is 6.42 Å². The van der Waals surface area contributed by atoms with Crippen LogP contribution in [0.25, 0.3) is 0 Å². The highest BCUT2D eigenvalue weighted by Gasteiger charge is 2.33. The van der Waals surface area contributed by atoms with Crippen LogP contribution in [0.3, 0.4) is 0 Å². The van der Waals surface area contributed by atoms with Crippen LogP contribution in [0.1, 0.15) is 23.6 Å². The number of benzene rings is 3. The summed E-state index contributed by atoms with van der Waals surface area (Å²) in [6.07, 6.45) is 0.521. The highest BCUT2D eigenvalue weighted by molar-refractivity contribution is 7.89. The Hall–Kier alpha value is -3.49. The third-order valence-corrected chi connectivity index (χ3v) is 6.02. The number of sulfonamides is 1. The molecule has 4 rings (SSSR count). The fourth-order valence-corrected chi connectivity index (χ4v) is 4.12. The van der Waals surface area contributed by atoms with Gasteiger partial charge in [0.15, 0.2) is 0 Å². The number of rotatable bonds is 5. The maximum atomic E-state index is 12.9. The van der Waals surface area contributed by atoms with Gasteiger partial charge in [-0.1, -0.05) is 78.9 Å². The Balaban J connectivity index is 1.57. The van der Waals surface area contributed by atoms with E-state index in [1.54, 1.807) is 18.2 Å². The molecule has 8 heteroatoms. The number of hydrazine groups is 1. The number of carbonyl (C=O) groups is 1. The summed E-state index contributed by atoms with van der Waals surface area (Å²) in [7, 11) is -3.89. The van der Waals surface area contributed by atoms with Crippen LogP contribution in [0.15, 0.2) is 101 Å². The molecular weight excluding hydrogens is 400 g/mol. The molecule has 1 aliphatic heterocycles. The lowest BCUT2D eigenvalue weighted by atomic mass is 9.99. The lowest BCUT2D eigenvalue weighted by Gasteiger charge is -2.22. The fourth-order valence-electron chi connectivity index (χ4n) is 3.26. The summed E-state index contributed by atoms with van der Waals surface area (Å²) in [5, 5.41) is 5.78. The molecule has 0 aromatic heterocycles. The van der Waals surface area contributed by atoms with Crippen molar-refractivity contribution in [3.05, 3.63) is 102 Å². The quantitative estimate of drug-likeness (QED) is 0.620. The number of hydrogen-bond acceptors (Lipinski definition) is 4. The molecule has 1 aliphatic rings. The Morgan fingerprint density at radius 2 is 1.43 bits per heavy atom. The Bertz CT molecular complexity index is 1150.